The van der Waals surface area contributed by atoms with Crippen LogP contribution in [0.3, 0.4) is 0 Å². The molecule has 6 heteroatoms. The van der Waals surface area contributed by atoms with E-state index >= 15 is 0 Å². The molecule has 0 aliphatic carbocycles. The molecular weight excluding hydrogens is 498 g/mol. The molecule has 3 aromatic rings. The van der Waals surface area contributed by atoms with Gasteiger partial charge in [0.2, 0.25) is 0 Å². The first-order valence-corrected chi connectivity index (χ1v) is 11.6. The minimum absolute atomic E-state index is 0.140. The Morgan fingerprint density at radius 3 is 2.45 bits per heavy atom. The van der Waals surface area contributed by atoms with Crippen LogP contribution in [0, 0.1) is 28.1 Å². The highest BCUT2D eigenvalue weighted by Gasteiger charge is 2.63. The van der Waals surface area contributed by atoms with Crippen molar-refractivity contribution in [2.45, 2.75) is 18.0 Å². The first-order valence-electron chi connectivity index (χ1n) is 10.4. The summed E-state index contributed by atoms with van der Waals surface area (Å²) in [5, 5.41) is 21.4. The summed E-state index contributed by atoms with van der Waals surface area (Å²) in [6.07, 6.45) is 3.75. The molecule has 4 nitrogen and oxygen atoms in total. The molecule has 2 aliphatic heterocycles. The summed E-state index contributed by atoms with van der Waals surface area (Å²) in [6.45, 7) is 0. The van der Waals surface area contributed by atoms with E-state index in [9.17, 15) is 15.3 Å². The maximum Gasteiger partial charge on any atom is 0.186 e. The predicted molar refractivity (Wildman–Crippen MR) is 132 cm³/mol. The summed E-state index contributed by atoms with van der Waals surface area (Å²) in [4.78, 5) is 16.0. The van der Waals surface area contributed by atoms with Gasteiger partial charge in [0.1, 0.15) is 6.04 Å². The fourth-order valence-electron chi connectivity index (χ4n) is 5.11. The summed E-state index contributed by atoms with van der Waals surface area (Å²) in [6, 6.07) is 25.4. The lowest BCUT2D eigenvalue weighted by atomic mass is 9.69. The standard InChI is InChI=1S/C27H17BrClN3O/c28-20-8-4-7-19(13-20)26(33)25-24(17-5-2-1-3-6-17)27(15-30,16-31)23-12-9-18-14-21(29)10-11-22(18)32(23)25/h1-14,23-25H/t23-,24+,25-/m1/s1. The number of carbonyl (C=O) groups excluding carboxylic acids is 1. The first kappa shape index (κ1) is 21.5. The third-order valence-electron chi connectivity index (χ3n) is 6.50. The Balaban J connectivity index is 1.79. The van der Waals surface area contributed by atoms with Crippen molar-refractivity contribution in [2.75, 3.05) is 4.90 Å². The molecule has 3 atom stereocenters. The summed E-state index contributed by atoms with van der Waals surface area (Å²) in [5.41, 5.74) is 1.48. The molecule has 5 rings (SSSR count). The summed E-state index contributed by atoms with van der Waals surface area (Å²) in [5.74, 6) is -0.796. The number of halogens is 2. The van der Waals surface area contributed by atoms with Crippen LogP contribution in [-0.2, 0) is 0 Å². The molecule has 0 bridgehead atoms. The van der Waals surface area contributed by atoms with Gasteiger partial charge in [0.15, 0.2) is 11.2 Å². The summed E-state index contributed by atoms with van der Waals surface area (Å²) < 4.78 is 0.789. The van der Waals surface area contributed by atoms with Gasteiger partial charge in [-0.3, -0.25) is 4.79 Å². The lowest BCUT2D eigenvalue weighted by molar-refractivity contribution is 0.0951. The molecular formula is C27H17BrClN3O. The Kier molecular flexibility index (Phi) is 5.33. The van der Waals surface area contributed by atoms with Crippen LogP contribution in [0.1, 0.15) is 27.4 Å². The summed E-state index contributed by atoms with van der Waals surface area (Å²) >= 11 is 9.69. The lowest BCUT2D eigenvalue weighted by Gasteiger charge is -2.35. The molecule has 1 fully saturated rings. The Labute approximate surface area is 205 Å². The first-order chi connectivity index (χ1) is 16.0. The van der Waals surface area contributed by atoms with Crippen molar-refractivity contribution >= 4 is 45.1 Å². The maximum absolute atomic E-state index is 14.1. The fourth-order valence-corrected chi connectivity index (χ4v) is 5.69. The number of ketones is 1. The van der Waals surface area contributed by atoms with Crippen LogP contribution in [0.4, 0.5) is 5.69 Å². The Bertz CT molecular complexity index is 1360. The van der Waals surface area contributed by atoms with Crippen LogP contribution in [0.25, 0.3) is 6.08 Å². The second-order valence-electron chi connectivity index (χ2n) is 8.21. The minimum atomic E-state index is -1.46. The van der Waals surface area contributed by atoms with Gasteiger partial charge in [-0.25, -0.2) is 0 Å². The highest BCUT2D eigenvalue weighted by molar-refractivity contribution is 9.10. The monoisotopic (exact) mass is 513 g/mol. The van der Waals surface area contributed by atoms with Crippen molar-refractivity contribution in [2.24, 2.45) is 5.41 Å². The molecule has 33 heavy (non-hydrogen) atoms. The third-order valence-corrected chi connectivity index (χ3v) is 7.23. The van der Waals surface area contributed by atoms with Crippen LogP contribution in [0.15, 0.2) is 83.3 Å². The van der Waals surface area contributed by atoms with Crippen molar-refractivity contribution in [1.82, 2.24) is 0 Å². The molecule has 2 heterocycles. The number of carbonyl (C=O) groups is 1. The van der Waals surface area contributed by atoms with E-state index in [2.05, 4.69) is 28.1 Å². The largest absolute Gasteiger partial charge is 0.351 e. The van der Waals surface area contributed by atoms with Gasteiger partial charge in [0, 0.05) is 26.7 Å². The average molecular weight is 515 g/mol. The number of anilines is 1. The van der Waals surface area contributed by atoms with Gasteiger partial charge >= 0.3 is 0 Å². The molecule has 0 unspecified atom stereocenters. The molecule has 160 valence electrons. The Hall–Kier alpha value is -3.38. The molecule has 0 spiro atoms. The van der Waals surface area contributed by atoms with Gasteiger partial charge in [0.25, 0.3) is 0 Å². The fraction of sp³-hybridized carbons (Fsp3) is 0.148. The van der Waals surface area contributed by atoms with E-state index < -0.39 is 23.4 Å². The topological polar surface area (TPSA) is 67.9 Å². The highest BCUT2D eigenvalue weighted by Crippen LogP contribution is 2.55. The van der Waals surface area contributed by atoms with E-state index in [1.54, 1.807) is 18.2 Å². The molecule has 0 amide bonds. The number of fused-ring (bicyclic) bond motifs is 3. The van der Waals surface area contributed by atoms with Gasteiger partial charge in [-0.2, -0.15) is 10.5 Å². The number of rotatable bonds is 3. The van der Waals surface area contributed by atoms with Gasteiger partial charge in [0.05, 0.1) is 18.2 Å². The van der Waals surface area contributed by atoms with Gasteiger partial charge < -0.3 is 4.90 Å². The highest BCUT2D eigenvalue weighted by atomic mass is 79.9. The van der Waals surface area contributed by atoms with Gasteiger partial charge in [-0.05, 0) is 41.5 Å². The number of nitriles is 2. The van der Waals surface area contributed by atoms with Crippen LogP contribution in [0.2, 0.25) is 5.02 Å². The van der Waals surface area contributed by atoms with E-state index in [0.29, 0.717) is 10.6 Å². The number of nitrogens with zero attached hydrogens (tertiary/aromatic N) is 3. The molecule has 0 N–H and O–H groups in total. The van der Waals surface area contributed by atoms with Crippen LogP contribution in [0.5, 0.6) is 0 Å². The average Bonchev–Trinajstić information content (AvgIpc) is 3.14. The second-order valence-corrected chi connectivity index (χ2v) is 9.57. The van der Waals surface area contributed by atoms with Crippen molar-refractivity contribution < 1.29 is 4.79 Å². The zero-order valence-electron chi connectivity index (χ0n) is 17.3. The smallest absolute Gasteiger partial charge is 0.186 e. The lowest BCUT2D eigenvalue weighted by Crippen LogP contribution is -2.44. The molecule has 0 radical (unpaired) electrons. The van der Waals surface area contributed by atoms with Crippen LogP contribution in [-0.4, -0.2) is 17.9 Å². The second kappa shape index (κ2) is 8.19. The zero-order chi connectivity index (χ0) is 23.2. The summed E-state index contributed by atoms with van der Waals surface area (Å²) in [7, 11) is 0. The van der Waals surface area contributed by atoms with E-state index in [1.165, 1.54) is 0 Å². The predicted octanol–water partition coefficient (Wildman–Crippen LogP) is 6.39. The number of Topliss-reactive ketones (excluding diaryl/α,β-unsaturated/α-hetero) is 1. The van der Waals surface area contributed by atoms with Gasteiger partial charge in [-0.15, -0.1) is 0 Å². The minimum Gasteiger partial charge on any atom is -0.351 e. The van der Waals surface area contributed by atoms with E-state index in [4.69, 9.17) is 11.6 Å². The molecule has 3 aromatic carbocycles. The van der Waals surface area contributed by atoms with Crippen molar-refractivity contribution in [3.8, 4) is 12.1 Å². The number of hydrogen-bond acceptors (Lipinski definition) is 4. The Morgan fingerprint density at radius 2 is 1.76 bits per heavy atom. The SMILES string of the molecule is N#CC1(C#N)[C@@H](c2ccccc2)[C@H](C(=O)c2cccc(Br)c2)N2c3ccc(Cl)cc3C=C[C@@H]21. The number of hydrogen-bond donors (Lipinski definition) is 0. The van der Waals surface area contributed by atoms with Crippen LogP contribution < -0.4 is 4.90 Å². The van der Waals surface area contributed by atoms with Crippen molar-refractivity contribution in [3.63, 3.8) is 0 Å². The molecule has 2 aliphatic rings. The normalized spacial score (nSPS) is 22.1. The molecule has 0 saturated carbocycles. The third kappa shape index (κ3) is 3.28. The van der Waals surface area contributed by atoms with Crippen molar-refractivity contribution in [3.05, 3.63) is 105 Å². The van der Waals surface area contributed by atoms with E-state index in [0.717, 1.165) is 21.3 Å². The molecule has 0 aromatic heterocycles. The quantitative estimate of drug-likeness (QED) is 0.380. The Morgan fingerprint density at radius 1 is 1.00 bits per heavy atom. The van der Waals surface area contributed by atoms with Crippen molar-refractivity contribution in [1.29, 1.82) is 10.5 Å². The maximum atomic E-state index is 14.1. The van der Waals surface area contributed by atoms with E-state index in [1.807, 2.05) is 71.6 Å². The number of benzene rings is 3. The van der Waals surface area contributed by atoms with Crippen LogP contribution >= 0.6 is 27.5 Å². The van der Waals surface area contributed by atoms with E-state index in [-0.39, 0.29) is 5.78 Å². The zero-order valence-corrected chi connectivity index (χ0v) is 19.7. The van der Waals surface area contributed by atoms with Gasteiger partial charge in [-0.1, -0.05) is 82.1 Å². The molecule has 1 saturated heterocycles.